The van der Waals surface area contributed by atoms with Crippen molar-refractivity contribution in [1.82, 2.24) is 24.4 Å². The Balaban J connectivity index is 1.75. The Hall–Kier alpha value is -3.47. The lowest BCUT2D eigenvalue weighted by molar-refractivity contribution is 0.0783. The van der Waals surface area contributed by atoms with E-state index < -0.39 is 18.6 Å². The standard InChI is InChI=1S/C20H19ClN6O4/c1-31-17-4-3-12(21)7-14(17)18-16(10-26(25-18)9-13(29)11-28)24-20(30)15-8-23-27-6-2-5-22-19(15)27/h2-8,10,13,28-29H,9,11H2,1H3,(H,24,30). The van der Waals surface area contributed by atoms with Crippen molar-refractivity contribution in [3.63, 3.8) is 0 Å². The second-order valence-corrected chi connectivity index (χ2v) is 7.13. The molecule has 31 heavy (non-hydrogen) atoms. The largest absolute Gasteiger partial charge is 0.496 e. The molecule has 1 atom stereocenters. The van der Waals surface area contributed by atoms with E-state index in [-0.39, 0.29) is 12.1 Å². The fraction of sp³-hybridized carbons (Fsp3) is 0.200. The number of carbonyl (C=O) groups is 1. The highest BCUT2D eigenvalue weighted by Crippen LogP contribution is 2.36. The smallest absolute Gasteiger partial charge is 0.261 e. The highest BCUT2D eigenvalue weighted by Gasteiger charge is 2.21. The van der Waals surface area contributed by atoms with E-state index in [4.69, 9.17) is 21.4 Å². The van der Waals surface area contributed by atoms with Crippen LogP contribution in [0.25, 0.3) is 16.9 Å². The average molecular weight is 443 g/mol. The summed E-state index contributed by atoms with van der Waals surface area (Å²) in [5.41, 5.74) is 2.01. The molecule has 0 fully saturated rings. The van der Waals surface area contributed by atoms with Gasteiger partial charge < -0.3 is 20.3 Å². The maximum Gasteiger partial charge on any atom is 0.261 e. The van der Waals surface area contributed by atoms with Crippen molar-refractivity contribution >= 4 is 28.8 Å². The van der Waals surface area contributed by atoms with Gasteiger partial charge in [-0.25, -0.2) is 9.50 Å². The summed E-state index contributed by atoms with van der Waals surface area (Å²) in [6.07, 6.45) is 5.24. The van der Waals surface area contributed by atoms with Gasteiger partial charge in [-0.3, -0.25) is 9.48 Å². The zero-order chi connectivity index (χ0) is 22.0. The van der Waals surface area contributed by atoms with E-state index in [0.29, 0.717) is 33.4 Å². The van der Waals surface area contributed by atoms with E-state index in [1.807, 2.05) is 0 Å². The van der Waals surface area contributed by atoms with Gasteiger partial charge in [0.1, 0.15) is 17.0 Å². The minimum atomic E-state index is -1.01. The predicted octanol–water partition coefficient (Wildman–Crippen LogP) is 1.86. The molecule has 1 aromatic carbocycles. The number of aliphatic hydroxyl groups excluding tert-OH is 2. The summed E-state index contributed by atoms with van der Waals surface area (Å²) in [6, 6.07) is 6.75. The molecular formula is C20H19ClN6O4. The van der Waals surface area contributed by atoms with Gasteiger partial charge in [-0.1, -0.05) is 11.6 Å². The molecule has 4 rings (SSSR count). The Labute approximate surface area is 181 Å². The van der Waals surface area contributed by atoms with Crippen molar-refractivity contribution in [2.75, 3.05) is 19.0 Å². The van der Waals surface area contributed by atoms with Crippen LogP contribution in [-0.2, 0) is 6.54 Å². The van der Waals surface area contributed by atoms with Crippen molar-refractivity contribution in [2.45, 2.75) is 12.6 Å². The molecule has 1 amide bonds. The number of amides is 1. The maximum atomic E-state index is 13.0. The summed E-state index contributed by atoms with van der Waals surface area (Å²) in [5.74, 6) is 0.0729. The van der Waals surface area contributed by atoms with Crippen molar-refractivity contribution in [1.29, 1.82) is 0 Å². The third-order valence-corrected chi connectivity index (χ3v) is 4.79. The van der Waals surface area contributed by atoms with Crippen molar-refractivity contribution < 1.29 is 19.7 Å². The third kappa shape index (κ3) is 4.22. The van der Waals surface area contributed by atoms with Crippen LogP contribution in [0.15, 0.2) is 49.1 Å². The first kappa shape index (κ1) is 20.8. The molecular weight excluding hydrogens is 424 g/mol. The molecule has 3 aromatic heterocycles. The van der Waals surface area contributed by atoms with E-state index in [1.54, 1.807) is 42.9 Å². The number of carbonyl (C=O) groups excluding carboxylic acids is 1. The van der Waals surface area contributed by atoms with E-state index >= 15 is 0 Å². The Morgan fingerprint density at radius 2 is 2.23 bits per heavy atom. The average Bonchev–Trinajstić information content (AvgIpc) is 3.37. The second kappa shape index (κ2) is 8.72. The molecule has 0 bridgehead atoms. The van der Waals surface area contributed by atoms with Gasteiger partial charge in [-0.05, 0) is 24.3 Å². The SMILES string of the molecule is COc1ccc(Cl)cc1-c1nn(CC(O)CO)cc1NC(=O)c1cnn2cccnc12. The number of rotatable bonds is 7. The highest BCUT2D eigenvalue weighted by atomic mass is 35.5. The van der Waals surface area contributed by atoms with Gasteiger partial charge in [-0.2, -0.15) is 10.2 Å². The molecule has 0 radical (unpaired) electrons. The van der Waals surface area contributed by atoms with Crippen LogP contribution in [0, 0.1) is 0 Å². The number of halogens is 1. The quantitative estimate of drug-likeness (QED) is 0.398. The molecule has 4 aromatic rings. The zero-order valence-corrected chi connectivity index (χ0v) is 17.2. The fourth-order valence-corrected chi connectivity index (χ4v) is 3.29. The van der Waals surface area contributed by atoms with Crippen LogP contribution in [0.3, 0.4) is 0 Å². The minimum absolute atomic E-state index is 0.0283. The first-order valence-electron chi connectivity index (χ1n) is 9.30. The van der Waals surface area contributed by atoms with Crippen molar-refractivity contribution in [2.24, 2.45) is 0 Å². The molecule has 1 unspecified atom stereocenters. The normalized spacial score (nSPS) is 12.1. The van der Waals surface area contributed by atoms with Crippen molar-refractivity contribution in [3.8, 4) is 17.0 Å². The number of aromatic nitrogens is 5. The van der Waals surface area contributed by atoms with E-state index in [2.05, 4.69) is 20.5 Å². The number of benzene rings is 1. The molecule has 0 aliphatic rings. The van der Waals surface area contributed by atoms with Crippen LogP contribution in [0.4, 0.5) is 5.69 Å². The number of ether oxygens (including phenoxy) is 1. The van der Waals surface area contributed by atoms with Gasteiger partial charge in [0.05, 0.1) is 38.2 Å². The van der Waals surface area contributed by atoms with Gasteiger partial charge in [-0.15, -0.1) is 0 Å². The lowest BCUT2D eigenvalue weighted by Crippen LogP contribution is -2.20. The second-order valence-electron chi connectivity index (χ2n) is 6.69. The van der Waals surface area contributed by atoms with Gasteiger partial charge >= 0.3 is 0 Å². The van der Waals surface area contributed by atoms with Crippen LogP contribution < -0.4 is 10.1 Å². The first-order valence-corrected chi connectivity index (χ1v) is 9.68. The molecule has 160 valence electrons. The molecule has 0 aliphatic heterocycles. The van der Waals surface area contributed by atoms with Crippen LogP contribution in [0.5, 0.6) is 5.75 Å². The van der Waals surface area contributed by atoms with Gasteiger partial charge in [0.2, 0.25) is 0 Å². The minimum Gasteiger partial charge on any atom is -0.496 e. The summed E-state index contributed by atoms with van der Waals surface area (Å²) in [4.78, 5) is 17.2. The number of hydrogen-bond donors (Lipinski definition) is 3. The fourth-order valence-electron chi connectivity index (χ4n) is 3.12. The molecule has 0 spiro atoms. The monoisotopic (exact) mass is 442 g/mol. The lowest BCUT2D eigenvalue weighted by Gasteiger charge is -2.09. The summed E-state index contributed by atoms with van der Waals surface area (Å²) < 4.78 is 8.35. The molecule has 3 heterocycles. The Bertz CT molecular complexity index is 1240. The van der Waals surface area contributed by atoms with E-state index in [1.165, 1.54) is 22.5 Å². The van der Waals surface area contributed by atoms with Crippen LogP contribution in [0.2, 0.25) is 5.02 Å². The zero-order valence-electron chi connectivity index (χ0n) is 16.4. The Kier molecular flexibility index (Phi) is 5.85. The number of methoxy groups -OCH3 is 1. The lowest BCUT2D eigenvalue weighted by atomic mass is 10.1. The first-order chi connectivity index (χ1) is 15.0. The summed E-state index contributed by atoms with van der Waals surface area (Å²) >= 11 is 6.17. The number of hydrogen-bond acceptors (Lipinski definition) is 7. The number of nitrogens with one attached hydrogen (secondary N) is 1. The molecule has 11 heteroatoms. The van der Waals surface area contributed by atoms with Crippen molar-refractivity contribution in [3.05, 3.63) is 59.6 Å². The van der Waals surface area contributed by atoms with Gasteiger partial charge in [0, 0.05) is 29.2 Å². The number of nitrogens with zero attached hydrogens (tertiary/aromatic N) is 5. The summed E-state index contributed by atoms with van der Waals surface area (Å²) in [7, 11) is 1.52. The summed E-state index contributed by atoms with van der Waals surface area (Å²) in [6.45, 7) is -0.397. The van der Waals surface area contributed by atoms with Crippen LogP contribution in [-0.4, -0.2) is 60.3 Å². The van der Waals surface area contributed by atoms with Crippen LogP contribution >= 0.6 is 11.6 Å². The predicted molar refractivity (Wildman–Crippen MR) is 113 cm³/mol. The number of fused-ring (bicyclic) bond motifs is 1. The van der Waals surface area contributed by atoms with E-state index in [0.717, 1.165) is 0 Å². The maximum absolute atomic E-state index is 13.0. The van der Waals surface area contributed by atoms with Gasteiger partial charge in [0.25, 0.3) is 5.91 Å². The molecule has 0 saturated carbocycles. The molecule has 0 aliphatic carbocycles. The molecule has 0 saturated heterocycles. The van der Waals surface area contributed by atoms with Crippen LogP contribution in [0.1, 0.15) is 10.4 Å². The Morgan fingerprint density at radius 3 is 3.00 bits per heavy atom. The molecule has 10 nitrogen and oxygen atoms in total. The Morgan fingerprint density at radius 1 is 1.39 bits per heavy atom. The number of aliphatic hydroxyl groups is 2. The number of anilines is 1. The summed E-state index contributed by atoms with van der Waals surface area (Å²) in [5, 5.41) is 30.9. The topological polar surface area (TPSA) is 127 Å². The van der Waals surface area contributed by atoms with E-state index in [9.17, 15) is 9.90 Å². The third-order valence-electron chi connectivity index (χ3n) is 4.56. The molecule has 3 N–H and O–H groups in total. The highest BCUT2D eigenvalue weighted by molar-refractivity contribution is 6.31. The van der Waals surface area contributed by atoms with Gasteiger partial charge in [0.15, 0.2) is 5.65 Å².